The second kappa shape index (κ2) is 8.44. The summed E-state index contributed by atoms with van der Waals surface area (Å²) in [5.74, 6) is 0.659. The lowest BCUT2D eigenvalue weighted by molar-refractivity contribution is 0.302. The summed E-state index contributed by atoms with van der Waals surface area (Å²) in [6.45, 7) is 2.13. The first-order valence-corrected chi connectivity index (χ1v) is 5.59. The van der Waals surface area contributed by atoms with Gasteiger partial charge in [0.05, 0.1) is 5.69 Å². The highest BCUT2D eigenvalue weighted by Crippen LogP contribution is 2.01. The Balaban J connectivity index is 0.00000162. The minimum atomic E-state index is 0. The second-order valence-corrected chi connectivity index (χ2v) is 3.51. The first kappa shape index (κ1) is 14.4. The molecule has 0 aromatic carbocycles. The number of pyridine rings is 2. The van der Waals surface area contributed by atoms with Crippen molar-refractivity contribution >= 4 is 12.4 Å². The monoisotopic (exact) mass is 265 g/mol. The van der Waals surface area contributed by atoms with Crippen molar-refractivity contribution < 1.29 is 4.74 Å². The quantitative estimate of drug-likeness (QED) is 0.813. The third-order valence-corrected chi connectivity index (χ3v) is 2.20. The average Bonchev–Trinajstić information content (AvgIpc) is 2.41. The molecule has 0 aliphatic rings. The average molecular weight is 266 g/mol. The fraction of sp³-hybridized carbons (Fsp3) is 0.231. The van der Waals surface area contributed by atoms with E-state index in [-0.39, 0.29) is 12.4 Å². The number of hydrogen-bond donors (Lipinski definition) is 1. The van der Waals surface area contributed by atoms with Crippen LogP contribution < -0.4 is 10.1 Å². The molecule has 0 spiro atoms. The van der Waals surface area contributed by atoms with Crippen LogP contribution in [0.4, 0.5) is 0 Å². The number of nitrogens with one attached hydrogen (secondary N) is 1. The standard InChI is InChI=1S/C13H15N3O.ClH/c1-3-7-15-12(5-1)11-14-9-10-17-13-6-2-4-8-16-13;/h1-8,14H,9-11H2;1H. The van der Waals surface area contributed by atoms with Crippen LogP contribution in [0, 0.1) is 0 Å². The van der Waals surface area contributed by atoms with Crippen LogP contribution in [0.1, 0.15) is 5.69 Å². The van der Waals surface area contributed by atoms with Gasteiger partial charge in [0.2, 0.25) is 5.88 Å². The smallest absolute Gasteiger partial charge is 0.213 e. The van der Waals surface area contributed by atoms with E-state index in [1.807, 2.05) is 36.4 Å². The molecule has 0 fully saturated rings. The third kappa shape index (κ3) is 5.12. The molecule has 96 valence electrons. The Labute approximate surface area is 113 Å². The molecule has 2 aromatic heterocycles. The molecule has 0 saturated carbocycles. The maximum atomic E-state index is 5.45. The summed E-state index contributed by atoms with van der Waals surface area (Å²) in [5.41, 5.74) is 1.03. The van der Waals surface area contributed by atoms with Gasteiger partial charge in [-0.15, -0.1) is 12.4 Å². The van der Waals surface area contributed by atoms with Crippen LogP contribution in [0.25, 0.3) is 0 Å². The number of nitrogens with zero attached hydrogens (tertiary/aromatic N) is 2. The van der Waals surface area contributed by atoms with E-state index in [2.05, 4.69) is 15.3 Å². The van der Waals surface area contributed by atoms with Crippen LogP contribution in [0.2, 0.25) is 0 Å². The Hall–Kier alpha value is -1.65. The molecule has 18 heavy (non-hydrogen) atoms. The summed E-state index contributed by atoms with van der Waals surface area (Å²) in [6.07, 6.45) is 3.51. The summed E-state index contributed by atoms with van der Waals surface area (Å²) in [4.78, 5) is 8.29. The molecule has 0 saturated heterocycles. The van der Waals surface area contributed by atoms with Gasteiger partial charge < -0.3 is 10.1 Å². The number of rotatable bonds is 6. The molecule has 0 amide bonds. The lowest BCUT2D eigenvalue weighted by Gasteiger charge is -2.06. The van der Waals surface area contributed by atoms with Gasteiger partial charge >= 0.3 is 0 Å². The molecular weight excluding hydrogens is 250 g/mol. The van der Waals surface area contributed by atoms with E-state index in [1.54, 1.807) is 12.4 Å². The summed E-state index contributed by atoms with van der Waals surface area (Å²) < 4.78 is 5.45. The Morgan fingerprint density at radius 2 is 1.78 bits per heavy atom. The lowest BCUT2D eigenvalue weighted by atomic mass is 10.3. The van der Waals surface area contributed by atoms with Crippen LogP contribution in [0.15, 0.2) is 48.8 Å². The Kier molecular flexibility index (Phi) is 6.76. The fourth-order valence-corrected chi connectivity index (χ4v) is 1.38. The SMILES string of the molecule is Cl.c1ccc(CNCCOc2ccccn2)nc1. The van der Waals surface area contributed by atoms with Gasteiger partial charge in [-0.05, 0) is 18.2 Å². The Morgan fingerprint density at radius 3 is 2.44 bits per heavy atom. The normalized spacial score (nSPS) is 9.56. The highest BCUT2D eigenvalue weighted by molar-refractivity contribution is 5.85. The first-order valence-electron chi connectivity index (χ1n) is 5.59. The van der Waals surface area contributed by atoms with Gasteiger partial charge in [0.1, 0.15) is 6.61 Å². The molecule has 0 aliphatic heterocycles. The molecule has 2 heterocycles. The van der Waals surface area contributed by atoms with E-state index in [4.69, 9.17) is 4.74 Å². The zero-order valence-corrected chi connectivity index (χ0v) is 10.8. The van der Waals surface area contributed by atoms with Crippen LogP contribution >= 0.6 is 12.4 Å². The van der Waals surface area contributed by atoms with Gasteiger partial charge in [-0.2, -0.15) is 0 Å². The van der Waals surface area contributed by atoms with E-state index in [1.165, 1.54) is 0 Å². The zero-order chi connectivity index (χ0) is 11.8. The van der Waals surface area contributed by atoms with Crippen molar-refractivity contribution in [2.45, 2.75) is 6.54 Å². The van der Waals surface area contributed by atoms with Crippen LogP contribution in [-0.2, 0) is 6.54 Å². The number of halogens is 1. The van der Waals surface area contributed by atoms with Crippen molar-refractivity contribution in [2.75, 3.05) is 13.2 Å². The van der Waals surface area contributed by atoms with Crippen LogP contribution in [0.3, 0.4) is 0 Å². The number of ether oxygens (including phenoxy) is 1. The predicted molar refractivity (Wildman–Crippen MR) is 72.9 cm³/mol. The molecule has 0 atom stereocenters. The van der Waals surface area contributed by atoms with Gasteiger partial charge in [-0.25, -0.2) is 4.98 Å². The molecular formula is C13H16ClN3O. The van der Waals surface area contributed by atoms with Crippen LogP contribution in [-0.4, -0.2) is 23.1 Å². The zero-order valence-electron chi connectivity index (χ0n) is 9.95. The van der Waals surface area contributed by atoms with E-state index < -0.39 is 0 Å². The molecule has 5 heteroatoms. The number of aromatic nitrogens is 2. The molecule has 0 radical (unpaired) electrons. The van der Waals surface area contributed by atoms with Gasteiger partial charge in [0, 0.05) is 31.5 Å². The topological polar surface area (TPSA) is 47.0 Å². The summed E-state index contributed by atoms with van der Waals surface area (Å²) in [7, 11) is 0. The molecule has 2 aromatic rings. The van der Waals surface area contributed by atoms with E-state index >= 15 is 0 Å². The Morgan fingerprint density at radius 1 is 1.00 bits per heavy atom. The minimum absolute atomic E-state index is 0. The molecule has 0 bridgehead atoms. The van der Waals surface area contributed by atoms with Crippen molar-refractivity contribution in [2.24, 2.45) is 0 Å². The fourth-order valence-electron chi connectivity index (χ4n) is 1.38. The maximum Gasteiger partial charge on any atom is 0.213 e. The molecule has 0 aliphatic carbocycles. The third-order valence-electron chi connectivity index (χ3n) is 2.20. The van der Waals surface area contributed by atoms with E-state index in [0.717, 1.165) is 18.8 Å². The van der Waals surface area contributed by atoms with E-state index in [9.17, 15) is 0 Å². The largest absolute Gasteiger partial charge is 0.476 e. The number of hydrogen-bond acceptors (Lipinski definition) is 4. The summed E-state index contributed by atoms with van der Waals surface area (Å²) in [5, 5.41) is 3.26. The maximum absolute atomic E-state index is 5.45. The molecule has 2 rings (SSSR count). The highest BCUT2D eigenvalue weighted by Gasteiger charge is 1.94. The molecule has 1 N–H and O–H groups in total. The summed E-state index contributed by atoms with van der Waals surface area (Å²) in [6, 6.07) is 11.5. The lowest BCUT2D eigenvalue weighted by Crippen LogP contribution is -2.21. The highest BCUT2D eigenvalue weighted by atomic mass is 35.5. The van der Waals surface area contributed by atoms with Gasteiger partial charge in [0.25, 0.3) is 0 Å². The van der Waals surface area contributed by atoms with Gasteiger partial charge in [-0.3, -0.25) is 4.98 Å². The van der Waals surface area contributed by atoms with E-state index in [0.29, 0.717) is 12.5 Å². The van der Waals surface area contributed by atoms with Crippen molar-refractivity contribution in [3.05, 3.63) is 54.5 Å². The summed E-state index contributed by atoms with van der Waals surface area (Å²) >= 11 is 0. The first-order chi connectivity index (χ1) is 8.45. The van der Waals surface area contributed by atoms with Gasteiger partial charge in [0.15, 0.2) is 0 Å². The minimum Gasteiger partial charge on any atom is -0.476 e. The van der Waals surface area contributed by atoms with Crippen molar-refractivity contribution in [3.63, 3.8) is 0 Å². The van der Waals surface area contributed by atoms with Crippen molar-refractivity contribution in [3.8, 4) is 5.88 Å². The predicted octanol–water partition coefficient (Wildman–Crippen LogP) is 2.07. The Bertz CT molecular complexity index is 383. The van der Waals surface area contributed by atoms with Crippen molar-refractivity contribution in [1.29, 1.82) is 0 Å². The molecule has 0 unspecified atom stereocenters. The van der Waals surface area contributed by atoms with Gasteiger partial charge in [-0.1, -0.05) is 12.1 Å². The second-order valence-electron chi connectivity index (χ2n) is 3.51. The van der Waals surface area contributed by atoms with Crippen molar-refractivity contribution in [1.82, 2.24) is 15.3 Å². The van der Waals surface area contributed by atoms with Crippen LogP contribution in [0.5, 0.6) is 5.88 Å². The molecule has 4 nitrogen and oxygen atoms in total.